The van der Waals surface area contributed by atoms with E-state index in [9.17, 15) is 14.4 Å². The quantitative estimate of drug-likeness (QED) is 0.0261. The van der Waals surface area contributed by atoms with Crippen LogP contribution in [-0.4, -0.2) is 37.2 Å². The number of unbranched alkanes of at least 4 members (excludes halogenated alkanes) is 25. The van der Waals surface area contributed by atoms with Crippen LogP contribution in [0.5, 0.6) is 0 Å². The molecule has 0 saturated carbocycles. The molecule has 0 saturated heterocycles. The van der Waals surface area contributed by atoms with Gasteiger partial charge < -0.3 is 14.2 Å². The molecular weight excluding hydrogens is 901 g/mol. The average Bonchev–Trinajstić information content (AvgIpc) is 3.39. The molecule has 6 heteroatoms. The van der Waals surface area contributed by atoms with Crippen LogP contribution in [0.15, 0.2) is 109 Å². The molecule has 0 heterocycles. The Labute approximate surface area is 450 Å². The average molecular weight is 1010 g/mol. The van der Waals surface area contributed by atoms with E-state index in [0.717, 1.165) is 70.6 Å². The van der Waals surface area contributed by atoms with E-state index in [0.29, 0.717) is 19.3 Å². The molecule has 0 aromatic rings. The number of ether oxygens (including phenoxy) is 3. The summed E-state index contributed by atoms with van der Waals surface area (Å²) >= 11 is 0. The van der Waals surface area contributed by atoms with Crippen molar-refractivity contribution in [1.29, 1.82) is 0 Å². The van der Waals surface area contributed by atoms with Crippen molar-refractivity contribution >= 4 is 17.9 Å². The second-order valence-corrected chi connectivity index (χ2v) is 19.9. The van der Waals surface area contributed by atoms with E-state index < -0.39 is 6.10 Å². The number of hydrogen-bond donors (Lipinski definition) is 0. The standard InChI is InChI=1S/C67H112O6/c1-4-7-10-13-16-19-22-25-28-31-33-36-39-42-45-48-51-54-57-60-66(69)72-63-64(62-71-65(68)59-56-53-50-47-44-41-38-35-30-27-24-21-18-15-12-9-6-3)73-67(70)61-58-55-52-49-46-43-40-37-34-32-29-26-23-20-17-14-11-8-5-2/h16,18-19,21,25,27-28,30,33,36,38,41-42,45,47,50-51,54,64H,4-15,17,20,22-24,26,29,31-32,34-35,37,39-40,43-44,46,48-49,52-53,55-63H2,1-3H3/b19-16-,21-18-,28-25-,30-27-,36-33-,41-38-,45-42-,50-47-,54-51-/t64-/m0/s1. The lowest BCUT2D eigenvalue weighted by atomic mass is 10.0. The first-order valence-electron chi connectivity index (χ1n) is 30.4. The van der Waals surface area contributed by atoms with Gasteiger partial charge in [-0.05, 0) is 96.3 Å². The molecule has 6 nitrogen and oxygen atoms in total. The maximum atomic E-state index is 12.9. The topological polar surface area (TPSA) is 78.9 Å². The molecule has 0 spiro atoms. The maximum absolute atomic E-state index is 12.9. The summed E-state index contributed by atoms with van der Waals surface area (Å²) in [5.41, 5.74) is 0. The summed E-state index contributed by atoms with van der Waals surface area (Å²) < 4.78 is 16.8. The number of esters is 3. The zero-order chi connectivity index (χ0) is 52.9. The normalized spacial score (nSPS) is 12.9. The van der Waals surface area contributed by atoms with Crippen LogP contribution in [0, 0.1) is 0 Å². The highest BCUT2D eigenvalue weighted by atomic mass is 16.6. The molecule has 416 valence electrons. The third kappa shape index (κ3) is 58.8. The molecule has 0 aliphatic carbocycles. The minimum absolute atomic E-state index is 0.129. The van der Waals surface area contributed by atoms with E-state index >= 15 is 0 Å². The van der Waals surface area contributed by atoms with Gasteiger partial charge in [-0.3, -0.25) is 14.4 Å². The first-order chi connectivity index (χ1) is 36.0. The van der Waals surface area contributed by atoms with Crippen molar-refractivity contribution in [2.24, 2.45) is 0 Å². The molecule has 0 radical (unpaired) electrons. The van der Waals surface area contributed by atoms with Crippen LogP contribution in [0.4, 0.5) is 0 Å². The monoisotopic (exact) mass is 1010 g/mol. The minimum Gasteiger partial charge on any atom is -0.462 e. The predicted octanol–water partition coefficient (Wildman–Crippen LogP) is 20.7. The number of hydrogen-bond acceptors (Lipinski definition) is 6. The lowest BCUT2D eigenvalue weighted by Crippen LogP contribution is -2.30. The van der Waals surface area contributed by atoms with Crippen molar-refractivity contribution in [2.75, 3.05) is 13.2 Å². The van der Waals surface area contributed by atoms with E-state index in [1.54, 1.807) is 0 Å². The highest BCUT2D eigenvalue weighted by molar-refractivity contribution is 5.71. The summed E-state index contributed by atoms with van der Waals surface area (Å²) in [7, 11) is 0. The Balaban J connectivity index is 4.55. The zero-order valence-electron chi connectivity index (χ0n) is 47.6. The van der Waals surface area contributed by atoms with Gasteiger partial charge in [0.15, 0.2) is 6.10 Å². The molecule has 1 atom stereocenters. The maximum Gasteiger partial charge on any atom is 0.306 e. The third-order valence-electron chi connectivity index (χ3n) is 12.8. The van der Waals surface area contributed by atoms with Gasteiger partial charge in [0.2, 0.25) is 0 Å². The van der Waals surface area contributed by atoms with Gasteiger partial charge in [0.1, 0.15) is 13.2 Å². The van der Waals surface area contributed by atoms with Gasteiger partial charge in [0.05, 0.1) is 0 Å². The number of allylic oxidation sites excluding steroid dienone is 18. The summed E-state index contributed by atoms with van der Waals surface area (Å²) in [6, 6.07) is 0. The molecule has 0 amide bonds. The number of carbonyl (C=O) groups is 3. The molecule has 0 bridgehead atoms. The van der Waals surface area contributed by atoms with Gasteiger partial charge in [0.25, 0.3) is 0 Å². The second-order valence-electron chi connectivity index (χ2n) is 19.9. The summed E-state index contributed by atoms with van der Waals surface area (Å²) in [5.74, 6) is -1.06. The zero-order valence-corrected chi connectivity index (χ0v) is 47.6. The Hall–Kier alpha value is -3.93. The Morgan fingerprint density at radius 2 is 0.534 bits per heavy atom. The molecule has 0 aromatic heterocycles. The van der Waals surface area contributed by atoms with E-state index in [2.05, 4.69) is 124 Å². The van der Waals surface area contributed by atoms with Crippen molar-refractivity contribution < 1.29 is 28.6 Å². The Kier molecular flexibility index (Phi) is 57.4. The number of carbonyl (C=O) groups excluding carboxylic acids is 3. The SMILES string of the molecule is CCCCC/C=C\C/C=C\C/C=C\C/C=C\C/C=C\CCC(=O)OC[C@H](COC(=O)CCC/C=C\C/C=C\C/C=C\C/C=C\CCCCC)OC(=O)CCCCCCCCCCCCCCCCCCCCC. The Morgan fingerprint density at radius 1 is 0.274 bits per heavy atom. The van der Waals surface area contributed by atoms with Gasteiger partial charge in [-0.1, -0.05) is 271 Å². The minimum atomic E-state index is -0.831. The molecule has 0 aromatic carbocycles. The largest absolute Gasteiger partial charge is 0.462 e. The molecule has 0 unspecified atom stereocenters. The fourth-order valence-corrected chi connectivity index (χ4v) is 8.18. The Morgan fingerprint density at radius 3 is 0.890 bits per heavy atom. The van der Waals surface area contributed by atoms with E-state index in [1.165, 1.54) is 154 Å². The van der Waals surface area contributed by atoms with Crippen molar-refractivity contribution in [3.05, 3.63) is 109 Å². The first kappa shape index (κ1) is 69.1. The second kappa shape index (κ2) is 60.6. The highest BCUT2D eigenvalue weighted by Gasteiger charge is 2.19. The van der Waals surface area contributed by atoms with Crippen LogP contribution < -0.4 is 0 Å². The summed E-state index contributed by atoms with van der Waals surface area (Å²) in [6.45, 7) is 6.49. The van der Waals surface area contributed by atoms with Gasteiger partial charge >= 0.3 is 17.9 Å². The van der Waals surface area contributed by atoms with Crippen LogP contribution in [-0.2, 0) is 28.6 Å². The lowest BCUT2D eigenvalue weighted by molar-refractivity contribution is -0.166. The van der Waals surface area contributed by atoms with Gasteiger partial charge in [0, 0.05) is 19.3 Å². The lowest BCUT2D eigenvalue weighted by Gasteiger charge is -2.18. The highest BCUT2D eigenvalue weighted by Crippen LogP contribution is 2.16. The van der Waals surface area contributed by atoms with Crippen molar-refractivity contribution in [2.45, 2.75) is 284 Å². The summed E-state index contributed by atoms with van der Waals surface area (Å²) in [5, 5.41) is 0. The summed E-state index contributed by atoms with van der Waals surface area (Å²) in [6.07, 6.45) is 82.4. The molecule has 73 heavy (non-hydrogen) atoms. The third-order valence-corrected chi connectivity index (χ3v) is 12.8. The van der Waals surface area contributed by atoms with Crippen LogP contribution in [0.25, 0.3) is 0 Å². The van der Waals surface area contributed by atoms with Gasteiger partial charge in [-0.25, -0.2) is 0 Å². The van der Waals surface area contributed by atoms with Gasteiger partial charge in [-0.15, -0.1) is 0 Å². The molecule has 0 aliphatic rings. The van der Waals surface area contributed by atoms with Crippen LogP contribution in [0.2, 0.25) is 0 Å². The summed E-state index contributed by atoms with van der Waals surface area (Å²) in [4.78, 5) is 38.2. The predicted molar refractivity (Wildman–Crippen MR) is 316 cm³/mol. The van der Waals surface area contributed by atoms with Crippen LogP contribution >= 0.6 is 0 Å². The van der Waals surface area contributed by atoms with Crippen molar-refractivity contribution in [3.63, 3.8) is 0 Å². The van der Waals surface area contributed by atoms with Crippen LogP contribution in [0.3, 0.4) is 0 Å². The fourth-order valence-electron chi connectivity index (χ4n) is 8.18. The van der Waals surface area contributed by atoms with E-state index in [4.69, 9.17) is 14.2 Å². The van der Waals surface area contributed by atoms with Crippen LogP contribution in [0.1, 0.15) is 278 Å². The fraction of sp³-hybridized carbons (Fsp3) is 0.687. The van der Waals surface area contributed by atoms with Gasteiger partial charge in [-0.2, -0.15) is 0 Å². The van der Waals surface area contributed by atoms with Crippen molar-refractivity contribution in [3.8, 4) is 0 Å². The molecule has 0 N–H and O–H groups in total. The molecule has 0 fully saturated rings. The van der Waals surface area contributed by atoms with Crippen molar-refractivity contribution in [1.82, 2.24) is 0 Å². The molecular formula is C67H112O6. The molecule has 0 rings (SSSR count). The number of rotatable bonds is 54. The first-order valence-corrected chi connectivity index (χ1v) is 30.4. The molecule has 0 aliphatic heterocycles. The van der Waals surface area contributed by atoms with E-state index in [-0.39, 0.29) is 44.0 Å². The smallest absolute Gasteiger partial charge is 0.306 e. The Bertz CT molecular complexity index is 1490. The van der Waals surface area contributed by atoms with E-state index in [1.807, 2.05) is 6.08 Å².